The van der Waals surface area contributed by atoms with E-state index >= 15 is 0 Å². The first-order valence-electron chi connectivity index (χ1n) is 8.18. The monoisotopic (exact) mass is 365 g/mol. The highest BCUT2D eigenvalue weighted by Crippen LogP contribution is 2.34. The van der Waals surface area contributed by atoms with Crippen LogP contribution in [-0.4, -0.2) is 32.8 Å². The largest absolute Gasteiger partial charge is 0.494 e. The molecule has 2 aromatic heterocycles. The van der Waals surface area contributed by atoms with Gasteiger partial charge in [-0.1, -0.05) is 12.1 Å². The average Bonchev–Trinajstić information content (AvgIpc) is 3.28. The Labute approximate surface area is 153 Å². The van der Waals surface area contributed by atoms with Crippen molar-refractivity contribution in [2.45, 2.75) is 0 Å². The van der Waals surface area contributed by atoms with Crippen molar-refractivity contribution in [2.75, 3.05) is 12.4 Å². The molecule has 8 heteroatoms. The number of methoxy groups -OCH3 is 1. The Morgan fingerprint density at radius 3 is 2.67 bits per heavy atom. The number of halogens is 1. The van der Waals surface area contributed by atoms with Crippen LogP contribution in [0.1, 0.15) is 10.4 Å². The van der Waals surface area contributed by atoms with Gasteiger partial charge in [0.05, 0.1) is 18.9 Å². The van der Waals surface area contributed by atoms with Gasteiger partial charge in [-0.15, -0.1) is 0 Å². The van der Waals surface area contributed by atoms with Gasteiger partial charge >= 0.3 is 0 Å². The summed E-state index contributed by atoms with van der Waals surface area (Å²) in [6.07, 6.45) is 3.09. The van der Waals surface area contributed by atoms with Crippen LogP contribution in [0.3, 0.4) is 0 Å². The summed E-state index contributed by atoms with van der Waals surface area (Å²) in [5, 5.41) is 6.71. The molecule has 2 heterocycles. The third-order valence-electron chi connectivity index (χ3n) is 4.18. The second-order valence-corrected chi connectivity index (χ2v) is 5.99. The normalized spacial score (nSPS) is 10.9. The molecule has 2 aromatic carbocycles. The molecule has 7 nitrogen and oxygen atoms in total. The number of hydrogen-bond donors (Lipinski definition) is 2. The average molecular weight is 365 g/mol. The molecule has 0 radical (unpaired) electrons. The molecule has 0 bridgehead atoms. The SMILES string of the molecule is COc1ccc(-c2ccc(F)cc2)c2nc(NC(=O)c3cnn(C)c3)[nH]c12. The van der Waals surface area contributed by atoms with Gasteiger partial charge in [-0.2, -0.15) is 5.10 Å². The smallest absolute Gasteiger partial charge is 0.261 e. The lowest BCUT2D eigenvalue weighted by molar-refractivity contribution is 0.102. The lowest BCUT2D eigenvalue weighted by Crippen LogP contribution is -2.12. The number of amides is 1. The van der Waals surface area contributed by atoms with Gasteiger partial charge in [0.2, 0.25) is 5.95 Å². The first-order chi connectivity index (χ1) is 13.0. The van der Waals surface area contributed by atoms with E-state index in [0.29, 0.717) is 22.3 Å². The zero-order chi connectivity index (χ0) is 19.0. The van der Waals surface area contributed by atoms with Gasteiger partial charge in [0.1, 0.15) is 22.6 Å². The van der Waals surface area contributed by atoms with Crippen LogP contribution in [0.5, 0.6) is 5.75 Å². The Morgan fingerprint density at radius 2 is 2.00 bits per heavy atom. The van der Waals surface area contributed by atoms with Crippen LogP contribution in [0.25, 0.3) is 22.2 Å². The number of H-pyrrole nitrogens is 1. The predicted molar refractivity (Wildman–Crippen MR) is 99.2 cm³/mol. The molecule has 0 fully saturated rings. The third kappa shape index (κ3) is 3.12. The minimum absolute atomic E-state index is 0.284. The number of rotatable bonds is 4. The molecule has 2 N–H and O–H groups in total. The van der Waals surface area contributed by atoms with Gasteiger partial charge in [0.25, 0.3) is 5.91 Å². The van der Waals surface area contributed by atoms with E-state index in [1.165, 1.54) is 18.3 Å². The Morgan fingerprint density at radius 1 is 1.22 bits per heavy atom. The summed E-state index contributed by atoms with van der Waals surface area (Å²) in [7, 11) is 3.29. The fourth-order valence-electron chi connectivity index (χ4n) is 2.88. The molecule has 0 saturated heterocycles. The Hall–Kier alpha value is -3.68. The fraction of sp³-hybridized carbons (Fsp3) is 0.105. The maximum Gasteiger partial charge on any atom is 0.261 e. The van der Waals surface area contributed by atoms with Crippen molar-refractivity contribution < 1.29 is 13.9 Å². The molecule has 0 saturated carbocycles. The Bertz CT molecular complexity index is 1130. The van der Waals surface area contributed by atoms with Crippen molar-refractivity contribution in [3.05, 3.63) is 60.2 Å². The summed E-state index contributed by atoms with van der Waals surface area (Å²) in [4.78, 5) is 19.9. The molecule has 0 atom stereocenters. The number of hydrogen-bond acceptors (Lipinski definition) is 4. The molecule has 0 unspecified atom stereocenters. The summed E-state index contributed by atoms with van der Waals surface area (Å²) in [6.45, 7) is 0. The Balaban J connectivity index is 1.76. The van der Waals surface area contributed by atoms with Crippen LogP contribution >= 0.6 is 0 Å². The number of fused-ring (bicyclic) bond motifs is 1. The maximum absolute atomic E-state index is 13.2. The van der Waals surface area contributed by atoms with Crippen molar-refractivity contribution in [2.24, 2.45) is 7.05 Å². The number of ether oxygens (including phenoxy) is 1. The summed E-state index contributed by atoms with van der Waals surface area (Å²) in [5.74, 6) is 0.233. The fourth-order valence-corrected chi connectivity index (χ4v) is 2.88. The number of aryl methyl sites for hydroxylation is 1. The predicted octanol–water partition coefficient (Wildman–Crippen LogP) is 3.36. The van der Waals surface area contributed by atoms with E-state index in [9.17, 15) is 9.18 Å². The zero-order valence-electron chi connectivity index (χ0n) is 14.7. The Kier molecular flexibility index (Phi) is 4.08. The molecular formula is C19H16FN5O2. The molecule has 27 heavy (non-hydrogen) atoms. The number of aromatic amines is 1. The van der Waals surface area contributed by atoms with E-state index < -0.39 is 0 Å². The lowest BCUT2D eigenvalue weighted by atomic mass is 10.0. The van der Waals surface area contributed by atoms with Crippen LogP contribution in [0.2, 0.25) is 0 Å². The molecule has 0 aliphatic rings. The summed E-state index contributed by atoms with van der Waals surface area (Å²) < 4.78 is 20.2. The highest BCUT2D eigenvalue weighted by Gasteiger charge is 2.16. The second-order valence-electron chi connectivity index (χ2n) is 5.99. The third-order valence-corrected chi connectivity index (χ3v) is 4.18. The molecule has 0 aliphatic carbocycles. The van der Waals surface area contributed by atoms with Crippen molar-refractivity contribution in [1.82, 2.24) is 19.7 Å². The highest BCUT2D eigenvalue weighted by atomic mass is 19.1. The summed E-state index contributed by atoms with van der Waals surface area (Å²) in [5.41, 5.74) is 3.27. The van der Waals surface area contributed by atoms with Gasteiger partial charge in [-0.25, -0.2) is 9.37 Å². The first-order valence-corrected chi connectivity index (χ1v) is 8.18. The number of aromatic nitrogens is 4. The van der Waals surface area contributed by atoms with Gasteiger partial charge in [0, 0.05) is 18.8 Å². The van der Waals surface area contributed by atoms with E-state index in [4.69, 9.17) is 4.74 Å². The van der Waals surface area contributed by atoms with E-state index in [2.05, 4.69) is 20.4 Å². The summed E-state index contributed by atoms with van der Waals surface area (Å²) in [6, 6.07) is 9.79. The van der Waals surface area contributed by atoms with Gasteiger partial charge in [-0.3, -0.25) is 14.8 Å². The van der Waals surface area contributed by atoms with Gasteiger partial charge in [-0.05, 0) is 29.8 Å². The minimum Gasteiger partial charge on any atom is -0.494 e. The van der Waals surface area contributed by atoms with Gasteiger partial charge < -0.3 is 9.72 Å². The van der Waals surface area contributed by atoms with Crippen LogP contribution < -0.4 is 10.1 Å². The number of imidazole rings is 1. The van der Waals surface area contributed by atoms with Crippen molar-refractivity contribution in [1.29, 1.82) is 0 Å². The topological polar surface area (TPSA) is 84.8 Å². The van der Waals surface area contributed by atoms with Crippen LogP contribution in [0.15, 0.2) is 48.8 Å². The standard InChI is InChI=1S/C19H16FN5O2/c1-25-10-12(9-21-25)18(26)24-19-22-16-14(11-3-5-13(20)6-4-11)7-8-15(27-2)17(16)23-19/h3-10H,1-2H3,(H2,22,23,24,26). The summed E-state index contributed by atoms with van der Waals surface area (Å²) >= 11 is 0. The van der Waals surface area contributed by atoms with Crippen molar-refractivity contribution >= 4 is 22.9 Å². The molecule has 4 aromatic rings. The number of nitrogens with zero attached hydrogens (tertiary/aromatic N) is 3. The zero-order valence-corrected chi connectivity index (χ0v) is 14.7. The molecule has 0 spiro atoms. The van der Waals surface area contributed by atoms with Crippen LogP contribution in [0, 0.1) is 5.82 Å². The molecular weight excluding hydrogens is 349 g/mol. The number of carbonyl (C=O) groups is 1. The van der Waals surface area contributed by atoms with E-state index in [0.717, 1.165) is 11.1 Å². The quantitative estimate of drug-likeness (QED) is 0.581. The molecule has 4 rings (SSSR count). The molecule has 0 aliphatic heterocycles. The number of anilines is 1. The number of benzene rings is 2. The lowest BCUT2D eigenvalue weighted by Gasteiger charge is -2.06. The van der Waals surface area contributed by atoms with Crippen LogP contribution in [0.4, 0.5) is 10.3 Å². The van der Waals surface area contributed by atoms with E-state index in [1.807, 2.05) is 6.07 Å². The van der Waals surface area contributed by atoms with Crippen molar-refractivity contribution in [3.8, 4) is 16.9 Å². The number of carbonyl (C=O) groups excluding carboxylic acids is 1. The van der Waals surface area contributed by atoms with E-state index in [1.54, 1.807) is 43.2 Å². The minimum atomic E-state index is -0.329. The number of nitrogens with one attached hydrogen (secondary N) is 2. The van der Waals surface area contributed by atoms with Gasteiger partial charge in [0.15, 0.2) is 0 Å². The van der Waals surface area contributed by atoms with E-state index in [-0.39, 0.29) is 17.7 Å². The molecule has 136 valence electrons. The van der Waals surface area contributed by atoms with Crippen molar-refractivity contribution in [3.63, 3.8) is 0 Å². The van der Waals surface area contributed by atoms with Crippen LogP contribution in [-0.2, 0) is 7.05 Å². The molecule has 1 amide bonds. The maximum atomic E-state index is 13.2. The first kappa shape index (κ1) is 16.8. The second kappa shape index (κ2) is 6.56. The highest BCUT2D eigenvalue weighted by molar-refractivity contribution is 6.04.